The predicted molar refractivity (Wildman–Crippen MR) is 159 cm³/mol. The minimum absolute atomic E-state index is 0.0218. The van der Waals surface area contributed by atoms with Crippen LogP contribution in [0.25, 0.3) is 43.6 Å². The number of hydrogen-bond donors (Lipinski definition) is 2. The smallest absolute Gasteiger partial charge is 0.343 e. The molecule has 4 aliphatic heterocycles. The Bertz CT molecular complexity index is 2110. The van der Waals surface area contributed by atoms with E-state index in [-0.39, 0.29) is 12.3 Å². The zero-order chi connectivity index (χ0) is 29.2. The summed E-state index contributed by atoms with van der Waals surface area (Å²) in [5.74, 6) is -0.869. The first kappa shape index (κ1) is 25.1. The number of nitrogens with zero attached hydrogens (tertiary/aromatic N) is 4. The van der Waals surface area contributed by atoms with Gasteiger partial charge in [-0.3, -0.25) is 9.80 Å². The number of aromatic nitrogens is 2. The fourth-order valence-electron chi connectivity index (χ4n) is 7.86. The summed E-state index contributed by atoms with van der Waals surface area (Å²) in [5.41, 5.74) is 2.30. The predicted octanol–water partition coefficient (Wildman–Crippen LogP) is 3.32. The molecule has 3 aromatic carbocycles. The monoisotopic (exact) mass is 579 g/mol. The largest absolute Gasteiger partial charge is 0.467 e. The van der Waals surface area contributed by atoms with Crippen LogP contribution in [0.3, 0.4) is 0 Å². The first-order valence-corrected chi connectivity index (χ1v) is 14.6. The second-order valence-electron chi connectivity index (χ2n) is 11.9. The number of para-hydroxylation sites is 1. The van der Waals surface area contributed by atoms with E-state index in [1.54, 1.807) is 6.92 Å². The average Bonchev–Trinajstić information content (AvgIpc) is 3.72. The molecule has 3 unspecified atom stereocenters. The number of benzene rings is 3. The molecule has 2 N–H and O–H groups in total. The highest BCUT2D eigenvalue weighted by molar-refractivity contribution is 6.31. The van der Waals surface area contributed by atoms with Crippen LogP contribution in [0.4, 0.5) is 0 Å². The standard InChI is InChI=1S/C32H29N5O6/c1-31-32(40,30(39)41-2)14-23(43-31)36-21-8-7-17(15-34-35-9-11-42-12-10-35)13-19(21)25-26-20(16-33-29(26)38)24-18-5-3-4-6-22(18)37(31)28(24)27(25)36/h3-8,13,15,23,40H,9-12,14,16H2,1-2H3,(H,33,38)/b34-15+. The summed E-state index contributed by atoms with van der Waals surface area (Å²) in [6.07, 6.45) is 1.12. The van der Waals surface area contributed by atoms with Crippen LogP contribution in [0.15, 0.2) is 47.6 Å². The molecule has 5 aromatic rings. The molecule has 43 heavy (non-hydrogen) atoms. The molecule has 2 fully saturated rings. The lowest BCUT2D eigenvalue weighted by molar-refractivity contribution is -0.202. The summed E-state index contributed by atoms with van der Waals surface area (Å²) in [6, 6.07) is 13.9. The maximum Gasteiger partial charge on any atom is 0.343 e. The Balaban J connectivity index is 1.44. The van der Waals surface area contributed by atoms with E-state index in [4.69, 9.17) is 14.2 Å². The Morgan fingerprint density at radius 2 is 1.93 bits per heavy atom. The lowest BCUT2D eigenvalue weighted by Gasteiger charge is -2.37. The Kier molecular flexibility index (Phi) is 4.87. The van der Waals surface area contributed by atoms with Gasteiger partial charge in [0, 0.05) is 34.5 Å². The quantitative estimate of drug-likeness (QED) is 0.249. The number of ether oxygens (including phenoxy) is 3. The molecule has 0 saturated carbocycles. The number of esters is 1. The van der Waals surface area contributed by atoms with Gasteiger partial charge in [0.15, 0.2) is 5.72 Å². The first-order valence-electron chi connectivity index (χ1n) is 14.6. The number of aliphatic hydroxyl groups is 1. The van der Waals surface area contributed by atoms with E-state index in [0.717, 1.165) is 67.8 Å². The fourth-order valence-corrected chi connectivity index (χ4v) is 7.86. The third kappa shape index (κ3) is 2.96. The lowest BCUT2D eigenvalue weighted by atomic mass is 9.88. The van der Waals surface area contributed by atoms with Crippen molar-refractivity contribution in [2.45, 2.75) is 37.4 Å². The van der Waals surface area contributed by atoms with Gasteiger partial charge in [0.2, 0.25) is 5.60 Å². The number of hydrazone groups is 1. The normalized spacial score (nSPS) is 26.3. The van der Waals surface area contributed by atoms with E-state index in [1.807, 2.05) is 52.2 Å². The molecule has 2 saturated heterocycles. The molecule has 218 valence electrons. The highest BCUT2D eigenvalue weighted by Crippen LogP contribution is 2.57. The minimum Gasteiger partial charge on any atom is -0.467 e. The highest BCUT2D eigenvalue weighted by atomic mass is 16.6. The molecule has 11 nitrogen and oxygen atoms in total. The van der Waals surface area contributed by atoms with Crippen molar-refractivity contribution in [3.05, 3.63) is 59.2 Å². The van der Waals surface area contributed by atoms with Crippen LogP contribution in [0.5, 0.6) is 0 Å². The number of rotatable bonds is 3. The average molecular weight is 580 g/mol. The van der Waals surface area contributed by atoms with Gasteiger partial charge in [-0.15, -0.1) is 0 Å². The molecule has 11 heteroatoms. The topological polar surface area (TPSA) is 120 Å². The number of morpholine rings is 1. The van der Waals surface area contributed by atoms with E-state index in [9.17, 15) is 14.7 Å². The van der Waals surface area contributed by atoms with Gasteiger partial charge in [0.25, 0.3) is 5.91 Å². The molecular formula is C32H29N5O6. The van der Waals surface area contributed by atoms with E-state index in [2.05, 4.69) is 21.1 Å². The van der Waals surface area contributed by atoms with Crippen molar-refractivity contribution in [1.29, 1.82) is 0 Å². The summed E-state index contributed by atoms with van der Waals surface area (Å²) in [4.78, 5) is 26.9. The van der Waals surface area contributed by atoms with Crippen molar-refractivity contribution in [2.75, 3.05) is 33.4 Å². The number of carbonyl (C=O) groups excluding carboxylic acids is 2. The fraction of sp³-hybridized carbons (Fsp3) is 0.344. The summed E-state index contributed by atoms with van der Waals surface area (Å²) >= 11 is 0. The summed E-state index contributed by atoms with van der Waals surface area (Å²) in [6.45, 7) is 4.89. The third-order valence-electron chi connectivity index (χ3n) is 9.83. The molecular weight excluding hydrogens is 550 g/mol. The maximum absolute atomic E-state index is 13.6. The third-order valence-corrected chi connectivity index (χ3v) is 9.83. The van der Waals surface area contributed by atoms with Crippen LogP contribution in [-0.2, 0) is 31.3 Å². The van der Waals surface area contributed by atoms with Crippen molar-refractivity contribution >= 4 is 61.7 Å². The van der Waals surface area contributed by atoms with E-state index >= 15 is 0 Å². The molecule has 4 aliphatic rings. The van der Waals surface area contributed by atoms with Crippen LogP contribution in [-0.4, -0.2) is 76.4 Å². The van der Waals surface area contributed by atoms with E-state index < -0.39 is 23.5 Å². The summed E-state index contributed by atoms with van der Waals surface area (Å²) < 4.78 is 21.4. The molecule has 9 rings (SSSR count). The Hall–Kier alpha value is -4.45. The Labute approximate surface area is 245 Å². The van der Waals surface area contributed by atoms with Crippen molar-refractivity contribution in [3.63, 3.8) is 0 Å². The molecule has 3 atom stereocenters. The number of methoxy groups -OCH3 is 1. The van der Waals surface area contributed by atoms with Crippen LogP contribution in [0.1, 0.15) is 41.1 Å². The number of carbonyl (C=O) groups is 2. The molecule has 0 radical (unpaired) electrons. The Morgan fingerprint density at radius 3 is 2.74 bits per heavy atom. The molecule has 6 heterocycles. The van der Waals surface area contributed by atoms with Gasteiger partial charge in [-0.1, -0.05) is 24.3 Å². The maximum atomic E-state index is 13.6. The van der Waals surface area contributed by atoms with Crippen molar-refractivity contribution in [3.8, 4) is 0 Å². The zero-order valence-electron chi connectivity index (χ0n) is 23.7. The van der Waals surface area contributed by atoms with Gasteiger partial charge in [0.05, 0.1) is 67.3 Å². The highest BCUT2D eigenvalue weighted by Gasteiger charge is 2.65. The van der Waals surface area contributed by atoms with Crippen molar-refractivity contribution in [2.24, 2.45) is 5.10 Å². The second kappa shape index (κ2) is 8.34. The van der Waals surface area contributed by atoms with Gasteiger partial charge in [-0.25, -0.2) is 4.79 Å². The van der Waals surface area contributed by atoms with Crippen LogP contribution < -0.4 is 5.32 Å². The number of nitrogens with one attached hydrogen (secondary N) is 1. The van der Waals surface area contributed by atoms with Gasteiger partial charge in [0.1, 0.15) is 6.23 Å². The molecule has 2 bridgehead atoms. The molecule has 0 aliphatic carbocycles. The number of amides is 1. The van der Waals surface area contributed by atoms with Crippen LogP contribution in [0.2, 0.25) is 0 Å². The van der Waals surface area contributed by atoms with Gasteiger partial charge in [-0.05, 0) is 36.2 Å². The summed E-state index contributed by atoms with van der Waals surface area (Å²) in [7, 11) is 1.28. The van der Waals surface area contributed by atoms with E-state index in [0.29, 0.717) is 25.3 Å². The van der Waals surface area contributed by atoms with E-state index in [1.165, 1.54) is 7.11 Å². The van der Waals surface area contributed by atoms with Gasteiger partial charge >= 0.3 is 5.97 Å². The first-order chi connectivity index (χ1) is 20.9. The van der Waals surface area contributed by atoms with Gasteiger partial charge in [-0.2, -0.15) is 5.10 Å². The zero-order valence-corrected chi connectivity index (χ0v) is 23.7. The molecule has 0 spiro atoms. The SMILES string of the molecule is COC(=O)C1(O)CC2OC1(C)n1c3ccccc3c3c4c(c5c6cc(/C=N/N7CCOCC7)ccc6n2c5c31)C(=O)NC4. The van der Waals surface area contributed by atoms with Crippen molar-refractivity contribution in [1.82, 2.24) is 19.5 Å². The number of hydrogen-bond acceptors (Lipinski definition) is 8. The van der Waals surface area contributed by atoms with Crippen LogP contribution in [0, 0.1) is 0 Å². The van der Waals surface area contributed by atoms with Gasteiger partial charge < -0.3 is 33.8 Å². The second-order valence-corrected chi connectivity index (χ2v) is 11.9. The lowest BCUT2D eigenvalue weighted by Crippen LogP contribution is -2.56. The number of fused-ring (bicyclic) bond motifs is 13. The van der Waals surface area contributed by atoms with Crippen LogP contribution >= 0.6 is 0 Å². The van der Waals surface area contributed by atoms with Crippen molar-refractivity contribution < 1.29 is 28.9 Å². The minimum atomic E-state index is -1.97. The molecule has 2 aromatic heterocycles. The summed E-state index contributed by atoms with van der Waals surface area (Å²) in [5, 5.41) is 25.5. The Morgan fingerprint density at radius 1 is 1.12 bits per heavy atom. The molecule has 1 amide bonds.